The second kappa shape index (κ2) is 17.0. The highest BCUT2D eigenvalue weighted by atomic mass is 127. The first-order valence-electron chi connectivity index (χ1n) is 11.2. The number of morpholine rings is 1. The molecule has 0 bridgehead atoms. The summed E-state index contributed by atoms with van der Waals surface area (Å²) in [5.74, 6) is 1.54. The first-order valence-corrected chi connectivity index (χ1v) is 11.2. The fourth-order valence-electron chi connectivity index (χ4n) is 3.55. The minimum absolute atomic E-state index is 0. The van der Waals surface area contributed by atoms with E-state index < -0.39 is 0 Å². The predicted octanol–water partition coefficient (Wildman–Crippen LogP) is 2.98. The summed E-state index contributed by atoms with van der Waals surface area (Å²) in [4.78, 5) is 18.5. The van der Waals surface area contributed by atoms with E-state index in [-0.39, 0.29) is 36.0 Å². The van der Waals surface area contributed by atoms with Crippen molar-refractivity contribution < 1.29 is 19.0 Å². The number of ether oxygens (including phenoxy) is 3. The summed E-state index contributed by atoms with van der Waals surface area (Å²) < 4.78 is 15.5. The Morgan fingerprint density at radius 2 is 1.84 bits per heavy atom. The lowest BCUT2D eigenvalue weighted by Crippen LogP contribution is -2.42. The van der Waals surface area contributed by atoms with Gasteiger partial charge in [-0.25, -0.2) is 0 Å². The van der Waals surface area contributed by atoms with Crippen molar-refractivity contribution in [2.24, 2.45) is 4.99 Å². The molecule has 32 heavy (non-hydrogen) atoms. The zero-order valence-corrected chi connectivity index (χ0v) is 21.9. The Kier molecular flexibility index (Phi) is 15.1. The van der Waals surface area contributed by atoms with Gasteiger partial charge in [0, 0.05) is 32.6 Å². The predicted molar refractivity (Wildman–Crippen MR) is 138 cm³/mol. The largest absolute Gasteiger partial charge is 0.497 e. The molecule has 9 heteroatoms. The van der Waals surface area contributed by atoms with Crippen molar-refractivity contribution in [3.05, 3.63) is 29.8 Å². The summed E-state index contributed by atoms with van der Waals surface area (Å²) in [6, 6.07) is 8.44. The number of guanidine groups is 1. The molecule has 182 valence electrons. The van der Waals surface area contributed by atoms with Crippen LogP contribution in [-0.4, -0.2) is 77.0 Å². The summed E-state index contributed by atoms with van der Waals surface area (Å²) in [7, 11) is 3.11. The zero-order valence-electron chi connectivity index (χ0n) is 19.6. The molecule has 0 amide bonds. The Balaban J connectivity index is 0.00000512. The van der Waals surface area contributed by atoms with Gasteiger partial charge in [0.15, 0.2) is 5.96 Å². The maximum Gasteiger partial charge on any atom is 0.305 e. The number of aliphatic imine (C=N–C) groups is 1. The van der Waals surface area contributed by atoms with Crippen LogP contribution >= 0.6 is 24.0 Å². The molecule has 1 atom stereocenters. The highest BCUT2D eigenvalue weighted by Crippen LogP contribution is 2.24. The summed E-state index contributed by atoms with van der Waals surface area (Å²) in [6.45, 7) is 7.64. The van der Waals surface area contributed by atoms with Crippen molar-refractivity contribution >= 4 is 35.9 Å². The average Bonchev–Trinajstić information content (AvgIpc) is 2.82. The van der Waals surface area contributed by atoms with Crippen molar-refractivity contribution in [1.82, 2.24) is 15.5 Å². The van der Waals surface area contributed by atoms with Crippen molar-refractivity contribution in [2.45, 2.75) is 38.6 Å². The number of hydrogen-bond donors (Lipinski definition) is 2. The van der Waals surface area contributed by atoms with Gasteiger partial charge in [-0.15, -0.1) is 24.0 Å². The Bertz CT molecular complexity index is 666. The highest BCUT2D eigenvalue weighted by Gasteiger charge is 2.22. The van der Waals surface area contributed by atoms with E-state index in [1.165, 1.54) is 12.7 Å². The summed E-state index contributed by atoms with van der Waals surface area (Å²) in [5, 5.41) is 6.74. The molecule has 1 heterocycles. The molecule has 0 aromatic heterocycles. The third kappa shape index (κ3) is 10.4. The molecule has 0 radical (unpaired) electrons. The normalized spacial score (nSPS) is 15.4. The van der Waals surface area contributed by atoms with E-state index in [1.807, 2.05) is 12.1 Å². The molecular weight excluding hydrogens is 523 g/mol. The van der Waals surface area contributed by atoms with Crippen LogP contribution in [0, 0.1) is 0 Å². The Morgan fingerprint density at radius 1 is 1.12 bits per heavy atom. The van der Waals surface area contributed by atoms with Crippen molar-refractivity contribution in [1.29, 1.82) is 0 Å². The van der Waals surface area contributed by atoms with Crippen LogP contribution in [0.5, 0.6) is 5.75 Å². The number of carbonyl (C=O) groups is 1. The minimum atomic E-state index is -0.143. The van der Waals surface area contributed by atoms with Gasteiger partial charge in [0.25, 0.3) is 0 Å². The lowest BCUT2D eigenvalue weighted by atomic mass is 10.0. The number of nitrogens with one attached hydrogen (secondary N) is 2. The topological polar surface area (TPSA) is 84.4 Å². The van der Waals surface area contributed by atoms with Gasteiger partial charge < -0.3 is 24.8 Å². The Labute approximate surface area is 209 Å². The fourth-order valence-corrected chi connectivity index (χ4v) is 3.55. The molecule has 1 saturated heterocycles. The van der Waals surface area contributed by atoms with E-state index in [4.69, 9.17) is 14.5 Å². The third-order valence-corrected chi connectivity index (χ3v) is 5.33. The fraction of sp³-hybridized carbons (Fsp3) is 0.652. The summed E-state index contributed by atoms with van der Waals surface area (Å²) in [6.07, 6.45) is 3.28. The van der Waals surface area contributed by atoms with E-state index in [2.05, 4.69) is 39.3 Å². The van der Waals surface area contributed by atoms with Gasteiger partial charge in [0.05, 0.1) is 40.0 Å². The summed E-state index contributed by atoms with van der Waals surface area (Å²) in [5.41, 5.74) is 1.23. The van der Waals surface area contributed by atoms with Gasteiger partial charge >= 0.3 is 5.97 Å². The average molecular weight is 562 g/mol. The van der Waals surface area contributed by atoms with Crippen molar-refractivity contribution in [3.63, 3.8) is 0 Å². The molecule has 0 saturated carbocycles. The van der Waals surface area contributed by atoms with Gasteiger partial charge in [-0.05, 0) is 37.5 Å². The van der Waals surface area contributed by atoms with Crippen LogP contribution in [0.4, 0.5) is 0 Å². The minimum Gasteiger partial charge on any atom is -0.497 e. The maximum atomic E-state index is 11.2. The lowest BCUT2D eigenvalue weighted by molar-refractivity contribution is -0.140. The van der Waals surface area contributed by atoms with Crippen LogP contribution in [0.15, 0.2) is 29.3 Å². The van der Waals surface area contributed by atoms with Crippen LogP contribution in [0.1, 0.15) is 44.2 Å². The van der Waals surface area contributed by atoms with Crippen LogP contribution in [0.2, 0.25) is 0 Å². The van der Waals surface area contributed by atoms with Crippen molar-refractivity contribution in [3.8, 4) is 5.75 Å². The maximum absolute atomic E-state index is 11.2. The van der Waals surface area contributed by atoms with E-state index in [9.17, 15) is 4.79 Å². The molecule has 8 nitrogen and oxygen atoms in total. The van der Waals surface area contributed by atoms with Crippen LogP contribution < -0.4 is 15.4 Å². The van der Waals surface area contributed by atoms with Gasteiger partial charge in [-0.2, -0.15) is 0 Å². The van der Waals surface area contributed by atoms with Gasteiger partial charge in [-0.3, -0.25) is 14.7 Å². The smallest absolute Gasteiger partial charge is 0.305 e. The third-order valence-electron chi connectivity index (χ3n) is 5.33. The van der Waals surface area contributed by atoms with Crippen molar-refractivity contribution in [2.75, 3.05) is 60.2 Å². The number of benzene rings is 1. The van der Waals surface area contributed by atoms with E-state index >= 15 is 0 Å². The van der Waals surface area contributed by atoms with Gasteiger partial charge in [0.1, 0.15) is 5.75 Å². The molecule has 1 aromatic rings. The van der Waals surface area contributed by atoms with Crippen LogP contribution in [0.3, 0.4) is 0 Å². The molecule has 1 unspecified atom stereocenters. The number of methoxy groups -OCH3 is 2. The standard InChI is InChI=1S/C23H38N4O4.HI/c1-4-24-23(25-13-7-5-6-8-22(28)30-3)26-18-21(27-14-16-31-17-15-27)19-9-11-20(29-2)12-10-19;/h9-12,21H,4-8,13-18H2,1-3H3,(H2,24,25,26);1H. The molecule has 1 aliphatic rings. The second-order valence-corrected chi connectivity index (χ2v) is 7.47. The number of nitrogens with zero attached hydrogens (tertiary/aromatic N) is 2. The first kappa shape index (κ1) is 28.4. The SMILES string of the molecule is CCNC(=NCC(c1ccc(OC)cc1)N1CCOCC1)NCCCCCC(=O)OC.I. The Morgan fingerprint density at radius 3 is 2.47 bits per heavy atom. The molecule has 2 rings (SSSR count). The monoisotopic (exact) mass is 562 g/mol. The molecular formula is C23H39IN4O4. The number of carbonyl (C=O) groups excluding carboxylic acids is 1. The van der Waals surface area contributed by atoms with E-state index in [0.29, 0.717) is 13.0 Å². The molecule has 0 spiro atoms. The lowest BCUT2D eigenvalue weighted by Gasteiger charge is -2.34. The Hall–Kier alpha value is -1.59. The summed E-state index contributed by atoms with van der Waals surface area (Å²) >= 11 is 0. The molecule has 1 fully saturated rings. The highest BCUT2D eigenvalue weighted by molar-refractivity contribution is 14.0. The van der Waals surface area contributed by atoms with Crippen LogP contribution in [0.25, 0.3) is 0 Å². The van der Waals surface area contributed by atoms with Crippen LogP contribution in [-0.2, 0) is 14.3 Å². The van der Waals surface area contributed by atoms with E-state index in [0.717, 1.165) is 70.4 Å². The quantitative estimate of drug-likeness (QED) is 0.133. The first-order chi connectivity index (χ1) is 15.2. The van der Waals surface area contributed by atoms with E-state index in [1.54, 1.807) is 7.11 Å². The number of hydrogen-bond acceptors (Lipinski definition) is 6. The molecule has 2 N–H and O–H groups in total. The number of halogens is 1. The van der Waals surface area contributed by atoms with Gasteiger partial charge in [-0.1, -0.05) is 18.6 Å². The van der Waals surface area contributed by atoms with Gasteiger partial charge in [0.2, 0.25) is 0 Å². The second-order valence-electron chi connectivity index (χ2n) is 7.47. The number of unbranched alkanes of at least 4 members (excludes halogenated alkanes) is 2. The number of esters is 1. The zero-order chi connectivity index (χ0) is 22.3. The number of rotatable bonds is 12. The molecule has 1 aromatic carbocycles. The molecule has 0 aliphatic carbocycles. The molecule has 1 aliphatic heterocycles.